The third kappa shape index (κ3) is 9.08. The summed E-state index contributed by atoms with van der Waals surface area (Å²) in [4.78, 5) is 35.4. The van der Waals surface area contributed by atoms with Gasteiger partial charge < -0.3 is 20.1 Å². The van der Waals surface area contributed by atoms with Gasteiger partial charge in [0.2, 0.25) is 0 Å². The minimum atomic E-state index is -0.941. The number of amides is 2. The number of anilines is 1. The fourth-order valence-corrected chi connectivity index (χ4v) is 2.09. The average molecular weight is 378 g/mol. The number of hydrogen-bond acceptors (Lipinski definition) is 5. The van der Waals surface area contributed by atoms with Crippen LogP contribution in [0, 0.1) is 0 Å². The van der Waals surface area contributed by atoms with E-state index >= 15 is 0 Å². The van der Waals surface area contributed by atoms with Crippen molar-refractivity contribution in [3.05, 3.63) is 29.8 Å². The zero-order valence-electron chi connectivity index (χ0n) is 16.9. The van der Waals surface area contributed by atoms with Gasteiger partial charge >= 0.3 is 12.1 Å². The van der Waals surface area contributed by atoms with Crippen LogP contribution in [0.4, 0.5) is 10.5 Å². The van der Waals surface area contributed by atoms with E-state index in [9.17, 15) is 14.4 Å². The molecule has 1 aromatic carbocycles. The van der Waals surface area contributed by atoms with Gasteiger partial charge in [-0.1, -0.05) is 26.0 Å². The number of carbonyl (C=O) groups is 3. The van der Waals surface area contributed by atoms with Gasteiger partial charge in [0.15, 0.2) is 6.10 Å². The first kappa shape index (κ1) is 22.5. The van der Waals surface area contributed by atoms with E-state index in [1.165, 1.54) is 12.5 Å². The van der Waals surface area contributed by atoms with Gasteiger partial charge in [-0.25, -0.2) is 4.79 Å². The Morgan fingerprint density at radius 2 is 1.63 bits per heavy atom. The molecular formula is C20H30N2O5. The Hall–Kier alpha value is -2.57. The average Bonchev–Trinajstić information content (AvgIpc) is 2.53. The molecular weight excluding hydrogens is 348 g/mol. The number of alkyl carbamates (subject to hydrolysis) is 1. The summed E-state index contributed by atoms with van der Waals surface area (Å²) >= 11 is 0. The molecule has 1 aromatic rings. The molecule has 1 rings (SSSR count). The summed E-state index contributed by atoms with van der Waals surface area (Å²) in [5.41, 5.74) is 1.20. The fourth-order valence-electron chi connectivity index (χ4n) is 2.09. The fraction of sp³-hybridized carbons (Fsp3) is 0.550. The summed E-state index contributed by atoms with van der Waals surface area (Å²) in [6.45, 7) is 11.0. The number of hydrogen-bond donors (Lipinski definition) is 2. The minimum absolute atomic E-state index is 0.0556. The molecule has 2 amide bonds. The van der Waals surface area contributed by atoms with Crippen molar-refractivity contribution in [1.29, 1.82) is 0 Å². The van der Waals surface area contributed by atoms with Crippen LogP contribution < -0.4 is 10.6 Å². The maximum absolute atomic E-state index is 12.1. The molecule has 7 heteroatoms. The van der Waals surface area contributed by atoms with E-state index < -0.39 is 29.7 Å². The SMILES string of the molecule is CC(C)c1ccc(NC(=O)[C@@H](C)OC(=O)CCNC(=O)OC(C)(C)C)cc1. The Morgan fingerprint density at radius 3 is 2.15 bits per heavy atom. The monoisotopic (exact) mass is 378 g/mol. The smallest absolute Gasteiger partial charge is 0.407 e. The number of nitrogens with one attached hydrogen (secondary N) is 2. The number of ether oxygens (including phenoxy) is 2. The highest BCUT2D eigenvalue weighted by Crippen LogP contribution is 2.17. The predicted octanol–water partition coefficient (Wildman–Crippen LogP) is 3.60. The van der Waals surface area contributed by atoms with Crippen LogP contribution in [-0.4, -0.2) is 36.2 Å². The molecule has 0 aliphatic rings. The lowest BCUT2D eigenvalue weighted by molar-refractivity contribution is -0.153. The quantitative estimate of drug-likeness (QED) is 0.707. The summed E-state index contributed by atoms with van der Waals surface area (Å²) < 4.78 is 10.1. The second kappa shape index (κ2) is 9.94. The van der Waals surface area contributed by atoms with Gasteiger partial charge in [0, 0.05) is 12.2 Å². The molecule has 7 nitrogen and oxygen atoms in total. The Balaban J connectivity index is 2.37. The lowest BCUT2D eigenvalue weighted by atomic mass is 10.0. The van der Waals surface area contributed by atoms with E-state index in [2.05, 4.69) is 24.5 Å². The van der Waals surface area contributed by atoms with Gasteiger partial charge in [-0.15, -0.1) is 0 Å². The van der Waals surface area contributed by atoms with Crippen LogP contribution in [0.5, 0.6) is 0 Å². The molecule has 0 heterocycles. The lowest BCUT2D eigenvalue weighted by Gasteiger charge is -2.19. The first-order chi connectivity index (χ1) is 12.5. The van der Waals surface area contributed by atoms with Crippen molar-refractivity contribution < 1.29 is 23.9 Å². The van der Waals surface area contributed by atoms with Gasteiger partial charge in [-0.2, -0.15) is 0 Å². The highest BCUT2D eigenvalue weighted by atomic mass is 16.6. The summed E-state index contributed by atoms with van der Waals surface area (Å²) in [7, 11) is 0. The van der Waals surface area contributed by atoms with E-state index in [0.29, 0.717) is 11.6 Å². The molecule has 0 unspecified atom stereocenters. The number of esters is 1. The molecule has 0 spiro atoms. The van der Waals surface area contributed by atoms with Crippen LogP contribution in [0.15, 0.2) is 24.3 Å². The normalized spacial score (nSPS) is 12.3. The summed E-state index contributed by atoms with van der Waals surface area (Å²) in [6.07, 6.45) is -1.60. The van der Waals surface area contributed by atoms with E-state index in [0.717, 1.165) is 0 Å². The van der Waals surface area contributed by atoms with Gasteiger partial charge in [0.05, 0.1) is 6.42 Å². The van der Waals surface area contributed by atoms with Gasteiger partial charge in [-0.3, -0.25) is 9.59 Å². The van der Waals surface area contributed by atoms with Crippen LogP contribution in [0.3, 0.4) is 0 Å². The Bertz CT molecular complexity index is 647. The van der Waals surface area contributed by atoms with Crippen molar-refractivity contribution in [3.8, 4) is 0 Å². The van der Waals surface area contributed by atoms with E-state index in [1.807, 2.05) is 24.3 Å². The topological polar surface area (TPSA) is 93.7 Å². The molecule has 1 atom stereocenters. The van der Waals surface area contributed by atoms with E-state index in [4.69, 9.17) is 9.47 Å². The molecule has 0 radical (unpaired) electrons. The molecule has 2 N–H and O–H groups in total. The lowest BCUT2D eigenvalue weighted by Crippen LogP contribution is -2.35. The highest BCUT2D eigenvalue weighted by Gasteiger charge is 2.19. The van der Waals surface area contributed by atoms with Crippen LogP contribution in [0.2, 0.25) is 0 Å². The zero-order chi connectivity index (χ0) is 20.6. The van der Waals surface area contributed by atoms with Gasteiger partial charge in [0.25, 0.3) is 5.91 Å². The van der Waals surface area contributed by atoms with Crippen molar-refractivity contribution in [3.63, 3.8) is 0 Å². The predicted molar refractivity (Wildman–Crippen MR) is 104 cm³/mol. The second-order valence-corrected chi connectivity index (χ2v) is 7.58. The summed E-state index contributed by atoms with van der Waals surface area (Å²) in [5.74, 6) is -0.589. The third-order valence-corrected chi connectivity index (χ3v) is 3.52. The molecule has 0 aromatic heterocycles. The molecule has 0 bridgehead atoms. The third-order valence-electron chi connectivity index (χ3n) is 3.52. The number of rotatable bonds is 7. The summed E-state index contributed by atoms with van der Waals surface area (Å²) in [6, 6.07) is 7.51. The van der Waals surface area contributed by atoms with Crippen molar-refractivity contribution in [1.82, 2.24) is 5.32 Å². The molecule has 0 fully saturated rings. The maximum Gasteiger partial charge on any atom is 0.407 e. The van der Waals surface area contributed by atoms with Crippen LogP contribution in [-0.2, 0) is 19.1 Å². The molecule has 150 valence electrons. The van der Waals surface area contributed by atoms with E-state index in [-0.39, 0.29) is 13.0 Å². The minimum Gasteiger partial charge on any atom is -0.452 e. The van der Waals surface area contributed by atoms with Crippen molar-refractivity contribution in [2.75, 3.05) is 11.9 Å². The number of carbonyl (C=O) groups excluding carboxylic acids is 3. The standard InChI is InChI=1S/C20H30N2O5/c1-13(2)15-7-9-16(10-8-15)22-18(24)14(3)26-17(23)11-12-21-19(25)27-20(4,5)6/h7-10,13-14H,11-12H2,1-6H3,(H,21,25)(H,22,24)/t14-/m1/s1. The van der Waals surface area contributed by atoms with Gasteiger partial charge in [-0.05, 0) is 51.3 Å². The van der Waals surface area contributed by atoms with Crippen molar-refractivity contribution in [2.45, 2.75) is 65.6 Å². The molecule has 0 aliphatic carbocycles. The Morgan fingerprint density at radius 1 is 1.04 bits per heavy atom. The van der Waals surface area contributed by atoms with Gasteiger partial charge in [0.1, 0.15) is 5.60 Å². The molecule has 0 saturated heterocycles. The first-order valence-corrected chi connectivity index (χ1v) is 9.05. The molecule has 0 saturated carbocycles. The summed E-state index contributed by atoms with van der Waals surface area (Å²) in [5, 5.41) is 5.17. The van der Waals surface area contributed by atoms with Crippen LogP contribution >= 0.6 is 0 Å². The van der Waals surface area contributed by atoms with E-state index in [1.54, 1.807) is 20.8 Å². The Labute approximate surface area is 160 Å². The number of benzene rings is 1. The second-order valence-electron chi connectivity index (χ2n) is 7.58. The van der Waals surface area contributed by atoms with Crippen molar-refractivity contribution >= 4 is 23.7 Å². The Kier molecular flexibility index (Phi) is 8.28. The zero-order valence-corrected chi connectivity index (χ0v) is 16.9. The molecule has 27 heavy (non-hydrogen) atoms. The first-order valence-electron chi connectivity index (χ1n) is 9.05. The van der Waals surface area contributed by atoms with Crippen LogP contribution in [0.25, 0.3) is 0 Å². The largest absolute Gasteiger partial charge is 0.452 e. The molecule has 0 aliphatic heterocycles. The highest BCUT2D eigenvalue weighted by molar-refractivity contribution is 5.95. The van der Waals surface area contributed by atoms with Crippen molar-refractivity contribution in [2.24, 2.45) is 0 Å². The van der Waals surface area contributed by atoms with Crippen LogP contribution in [0.1, 0.15) is 59.4 Å². The maximum atomic E-state index is 12.1.